The molecule has 0 aliphatic heterocycles. The van der Waals surface area contributed by atoms with Gasteiger partial charge in [-0.05, 0) is 86.0 Å². The molecule has 1 N–H and O–H groups in total. The minimum absolute atomic E-state index is 0.0382. The molecule has 0 spiro atoms. The number of benzene rings is 5. The lowest BCUT2D eigenvalue weighted by Crippen LogP contribution is -2.54. The molecule has 2 amide bonds. The van der Waals surface area contributed by atoms with Gasteiger partial charge in [-0.3, -0.25) is 13.9 Å². The van der Waals surface area contributed by atoms with Crippen LogP contribution >= 0.6 is 0 Å². The zero-order chi connectivity index (χ0) is 34.8. The Kier molecular flexibility index (Phi) is 11.5. The van der Waals surface area contributed by atoms with Gasteiger partial charge in [-0.25, -0.2) is 8.42 Å². The average Bonchev–Trinajstić information content (AvgIpc) is 3.10. The number of amides is 2. The summed E-state index contributed by atoms with van der Waals surface area (Å²) in [5.74, 6) is 0.302. The van der Waals surface area contributed by atoms with Crippen molar-refractivity contribution < 1.29 is 22.7 Å². The molecular weight excluding hydrogens is 635 g/mol. The van der Waals surface area contributed by atoms with Crippen molar-refractivity contribution in [3.63, 3.8) is 0 Å². The first-order valence-corrected chi connectivity index (χ1v) is 17.6. The molecule has 0 aromatic heterocycles. The molecule has 0 saturated carbocycles. The first kappa shape index (κ1) is 34.9. The van der Waals surface area contributed by atoms with Gasteiger partial charge in [-0.15, -0.1) is 0 Å². The van der Waals surface area contributed by atoms with Crippen molar-refractivity contribution in [2.45, 2.75) is 50.7 Å². The largest absolute Gasteiger partial charge is 0.457 e. The van der Waals surface area contributed by atoms with Gasteiger partial charge in [-0.1, -0.05) is 91.0 Å². The molecule has 252 valence electrons. The second-order valence-corrected chi connectivity index (χ2v) is 13.9. The van der Waals surface area contributed by atoms with Gasteiger partial charge in [0.25, 0.3) is 10.0 Å². The number of nitrogens with one attached hydrogen (secondary N) is 1. The fraction of sp³-hybridized carbons (Fsp3) is 0.200. The van der Waals surface area contributed by atoms with Gasteiger partial charge in [0, 0.05) is 19.0 Å². The number of carbonyl (C=O) groups is 2. The van der Waals surface area contributed by atoms with Crippen molar-refractivity contribution in [3.8, 4) is 11.5 Å². The van der Waals surface area contributed by atoms with Crippen molar-refractivity contribution in [3.05, 3.63) is 156 Å². The quantitative estimate of drug-likeness (QED) is 0.135. The van der Waals surface area contributed by atoms with E-state index in [-0.39, 0.29) is 35.5 Å². The van der Waals surface area contributed by atoms with Gasteiger partial charge >= 0.3 is 0 Å². The lowest BCUT2D eigenvalue weighted by atomic mass is 10.0. The number of hydrogen-bond donors (Lipinski definition) is 1. The molecule has 0 aliphatic carbocycles. The first-order valence-electron chi connectivity index (χ1n) is 16.2. The van der Waals surface area contributed by atoms with Crippen LogP contribution in [0.25, 0.3) is 0 Å². The molecule has 0 radical (unpaired) electrons. The van der Waals surface area contributed by atoms with Crippen molar-refractivity contribution in [2.75, 3.05) is 10.8 Å². The number of anilines is 1. The maximum Gasteiger partial charge on any atom is 0.264 e. The standard InChI is InChI=1S/C40H41N3O5S/c1-30(2)41-40(45)38(27-32-16-7-4-8-17-32)42(28-33-18-14-13-15-31(33)3)39(44)29-43(49(46,47)37-21-11-6-12-22-37)34-23-25-36(26-24-34)48-35-19-9-5-10-20-35/h4-26,30,38H,27-29H2,1-3H3,(H,41,45)/t38-/m1/s1. The Labute approximate surface area is 289 Å². The third-order valence-corrected chi connectivity index (χ3v) is 9.81. The van der Waals surface area contributed by atoms with Crippen LogP contribution in [-0.2, 0) is 32.6 Å². The minimum Gasteiger partial charge on any atom is -0.457 e. The summed E-state index contributed by atoms with van der Waals surface area (Å²) in [6.45, 7) is 5.25. The second kappa shape index (κ2) is 16.1. The highest BCUT2D eigenvalue weighted by Crippen LogP contribution is 2.29. The fourth-order valence-electron chi connectivity index (χ4n) is 5.46. The molecule has 0 unspecified atom stereocenters. The van der Waals surface area contributed by atoms with Crippen LogP contribution in [0.4, 0.5) is 5.69 Å². The van der Waals surface area contributed by atoms with E-state index in [1.165, 1.54) is 17.0 Å². The van der Waals surface area contributed by atoms with Crippen molar-refractivity contribution >= 4 is 27.5 Å². The van der Waals surface area contributed by atoms with Crippen molar-refractivity contribution in [2.24, 2.45) is 0 Å². The normalized spacial score (nSPS) is 11.8. The van der Waals surface area contributed by atoms with E-state index in [4.69, 9.17) is 4.74 Å². The van der Waals surface area contributed by atoms with Crippen LogP contribution in [0.5, 0.6) is 11.5 Å². The number of hydrogen-bond acceptors (Lipinski definition) is 5. The predicted octanol–water partition coefficient (Wildman–Crippen LogP) is 7.15. The van der Waals surface area contributed by atoms with Crippen LogP contribution in [0, 0.1) is 6.92 Å². The molecule has 5 aromatic carbocycles. The third kappa shape index (κ3) is 9.15. The topological polar surface area (TPSA) is 96.0 Å². The van der Waals surface area contributed by atoms with Gasteiger partial charge < -0.3 is 15.0 Å². The number of sulfonamides is 1. The molecule has 8 nitrogen and oxygen atoms in total. The molecular formula is C40H41N3O5S. The van der Waals surface area contributed by atoms with E-state index in [0.717, 1.165) is 21.0 Å². The van der Waals surface area contributed by atoms with E-state index in [2.05, 4.69) is 5.32 Å². The van der Waals surface area contributed by atoms with Crippen LogP contribution in [0.3, 0.4) is 0 Å². The summed E-state index contributed by atoms with van der Waals surface area (Å²) >= 11 is 0. The Morgan fingerprint density at radius 2 is 1.27 bits per heavy atom. The van der Waals surface area contributed by atoms with Crippen molar-refractivity contribution in [1.29, 1.82) is 0 Å². The van der Waals surface area contributed by atoms with Crippen molar-refractivity contribution in [1.82, 2.24) is 10.2 Å². The summed E-state index contributed by atoms with van der Waals surface area (Å²) in [5.41, 5.74) is 2.95. The first-order chi connectivity index (χ1) is 23.6. The molecule has 1 atom stereocenters. The van der Waals surface area contributed by atoms with Crippen LogP contribution in [0.2, 0.25) is 0 Å². The zero-order valence-electron chi connectivity index (χ0n) is 27.9. The summed E-state index contributed by atoms with van der Waals surface area (Å²) in [6, 6.07) is 39.9. The number of rotatable bonds is 14. The van der Waals surface area contributed by atoms with E-state index in [9.17, 15) is 18.0 Å². The molecule has 0 fully saturated rings. The van der Waals surface area contributed by atoms with E-state index in [1.54, 1.807) is 42.5 Å². The summed E-state index contributed by atoms with van der Waals surface area (Å²) < 4.78 is 35.6. The number of nitrogens with zero attached hydrogens (tertiary/aromatic N) is 2. The zero-order valence-corrected chi connectivity index (χ0v) is 28.7. The number of para-hydroxylation sites is 1. The Hall–Kier alpha value is -5.41. The number of carbonyl (C=O) groups excluding carboxylic acids is 2. The van der Waals surface area contributed by atoms with E-state index < -0.39 is 28.5 Å². The van der Waals surface area contributed by atoms with Gasteiger partial charge in [-0.2, -0.15) is 0 Å². The number of ether oxygens (including phenoxy) is 1. The maximum atomic E-state index is 14.7. The van der Waals surface area contributed by atoms with Gasteiger partial charge in [0.1, 0.15) is 24.1 Å². The lowest BCUT2D eigenvalue weighted by molar-refractivity contribution is -0.140. The van der Waals surface area contributed by atoms with Crippen LogP contribution in [0.1, 0.15) is 30.5 Å². The molecule has 0 bridgehead atoms. The Morgan fingerprint density at radius 1 is 0.714 bits per heavy atom. The fourth-order valence-corrected chi connectivity index (χ4v) is 6.89. The maximum absolute atomic E-state index is 14.7. The summed E-state index contributed by atoms with van der Waals surface area (Å²) in [7, 11) is -4.21. The second-order valence-electron chi connectivity index (χ2n) is 12.1. The summed E-state index contributed by atoms with van der Waals surface area (Å²) in [6.07, 6.45) is 0.244. The number of aryl methyl sites for hydroxylation is 1. The van der Waals surface area contributed by atoms with E-state index in [0.29, 0.717) is 11.5 Å². The van der Waals surface area contributed by atoms with Gasteiger partial charge in [0.15, 0.2) is 0 Å². The molecule has 0 aliphatic rings. The van der Waals surface area contributed by atoms with Crippen LogP contribution in [-0.4, -0.2) is 43.8 Å². The average molecular weight is 676 g/mol. The molecule has 5 rings (SSSR count). The molecule has 5 aromatic rings. The van der Waals surface area contributed by atoms with Crippen LogP contribution in [0.15, 0.2) is 144 Å². The highest BCUT2D eigenvalue weighted by Gasteiger charge is 2.35. The van der Waals surface area contributed by atoms with Crippen LogP contribution < -0.4 is 14.4 Å². The Morgan fingerprint density at radius 3 is 1.88 bits per heavy atom. The van der Waals surface area contributed by atoms with Gasteiger partial charge in [0.2, 0.25) is 11.8 Å². The minimum atomic E-state index is -4.21. The highest BCUT2D eigenvalue weighted by molar-refractivity contribution is 7.92. The highest BCUT2D eigenvalue weighted by atomic mass is 32.2. The summed E-state index contributed by atoms with van der Waals surface area (Å²) in [4.78, 5) is 30.1. The van der Waals surface area contributed by atoms with E-state index in [1.807, 2.05) is 106 Å². The molecule has 49 heavy (non-hydrogen) atoms. The predicted molar refractivity (Wildman–Crippen MR) is 193 cm³/mol. The lowest BCUT2D eigenvalue weighted by Gasteiger charge is -2.34. The van der Waals surface area contributed by atoms with E-state index >= 15 is 0 Å². The van der Waals surface area contributed by atoms with Gasteiger partial charge in [0.05, 0.1) is 10.6 Å². The smallest absolute Gasteiger partial charge is 0.264 e. The Bertz CT molecular complexity index is 1940. The summed E-state index contributed by atoms with van der Waals surface area (Å²) in [5, 5.41) is 2.99. The Balaban J connectivity index is 1.55. The SMILES string of the molecule is Cc1ccccc1CN(C(=O)CN(c1ccc(Oc2ccccc2)cc1)S(=O)(=O)c1ccccc1)[C@H](Cc1ccccc1)C(=O)NC(C)C. The molecule has 9 heteroatoms. The monoisotopic (exact) mass is 675 g/mol. The molecule has 0 saturated heterocycles. The third-order valence-electron chi connectivity index (χ3n) is 8.02. The molecule has 0 heterocycles.